The summed E-state index contributed by atoms with van der Waals surface area (Å²) in [5.41, 5.74) is 3.36. The predicted octanol–water partition coefficient (Wildman–Crippen LogP) is 1.70. The fourth-order valence-corrected chi connectivity index (χ4v) is 2.83. The minimum atomic E-state index is -0.0906. The number of amides is 2. The first-order valence-corrected chi connectivity index (χ1v) is 9.70. The average Bonchev–Trinajstić information content (AvgIpc) is 2.76. The standard InChI is InChI=1S/C22H29N5O2/c1-4-25-21(29)19-10-6-8-17(14-19)15-27-22(24-3)26-12-11-16-7-5-9-18(13-16)20(28)23-2/h5-10,13-14H,4,11-12,15H2,1-3H3,(H,23,28)(H,25,29)(H2,24,26,27). The number of benzene rings is 2. The molecule has 0 heterocycles. The maximum atomic E-state index is 12.0. The van der Waals surface area contributed by atoms with Gasteiger partial charge in [0.2, 0.25) is 0 Å². The van der Waals surface area contributed by atoms with E-state index < -0.39 is 0 Å². The van der Waals surface area contributed by atoms with E-state index in [2.05, 4.69) is 26.3 Å². The highest BCUT2D eigenvalue weighted by Gasteiger charge is 2.06. The number of hydrogen-bond acceptors (Lipinski definition) is 3. The molecule has 2 amide bonds. The smallest absolute Gasteiger partial charge is 0.251 e. The molecule has 4 N–H and O–H groups in total. The van der Waals surface area contributed by atoms with Crippen LogP contribution in [-0.4, -0.2) is 45.0 Å². The first-order valence-electron chi connectivity index (χ1n) is 9.70. The molecule has 0 fully saturated rings. The first kappa shape index (κ1) is 21.9. The van der Waals surface area contributed by atoms with Crippen molar-refractivity contribution in [3.63, 3.8) is 0 Å². The minimum absolute atomic E-state index is 0.0733. The highest BCUT2D eigenvalue weighted by Crippen LogP contribution is 2.06. The largest absolute Gasteiger partial charge is 0.356 e. The Morgan fingerprint density at radius 3 is 2.21 bits per heavy atom. The van der Waals surface area contributed by atoms with Gasteiger partial charge in [-0.2, -0.15) is 0 Å². The van der Waals surface area contributed by atoms with Crippen molar-refractivity contribution < 1.29 is 9.59 Å². The Bertz CT molecular complexity index is 864. The number of carbonyl (C=O) groups is 2. The van der Waals surface area contributed by atoms with E-state index in [0.717, 1.165) is 17.5 Å². The molecule has 0 aliphatic rings. The second kappa shape index (κ2) is 11.5. The number of nitrogens with zero attached hydrogens (tertiary/aromatic N) is 1. The summed E-state index contributed by atoms with van der Waals surface area (Å²) < 4.78 is 0. The Kier molecular flexibility index (Phi) is 8.69. The third-order valence-electron chi connectivity index (χ3n) is 4.33. The molecule has 0 saturated heterocycles. The molecule has 0 bridgehead atoms. The number of nitrogens with one attached hydrogen (secondary N) is 4. The van der Waals surface area contributed by atoms with E-state index in [-0.39, 0.29) is 11.8 Å². The van der Waals surface area contributed by atoms with Gasteiger partial charge in [-0.25, -0.2) is 0 Å². The zero-order chi connectivity index (χ0) is 21.1. The summed E-state index contributed by atoms with van der Waals surface area (Å²) in [6, 6.07) is 15.1. The summed E-state index contributed by atoms with van der Waals surface area (Å²) in [5.74, 6) is 0.513. The maximum absolute atomic E-state index is 12.0. The molecule has 0 aliphatic heterocycles. The van der Waals surface area contributed by atoms with Crippen LogP contribution in [0.15, 0.2) is 53.5 Å². The topological polar surface area (TPSA) is 94.6 Å². The van der Waals surface area contributed by atoms with Gasteiger partial charge in [-0.05, 0) is 48.7 Å². The van der Waals surface area contributed by atoms with Gasteiger partial charge in [-0.1, -0.05) is 24.3 Å². The van der Waals surface area contributed by atoms with Gasteiger partial charge in [-0.15, -0.1) is 0 Å². The lowest BCUT2D eigenvalue weighted by molar-refractivity contribution is 0.0950. The van der Waals surface area contributed by atoms with E-state index in [1.54, 1.807) is 26.2 Å². The normalized spacial score (nSPS) is 10.9. The predicted molar refractivity (Wildman–Crippen MR) is 116 cm³/mol. The monoisotopic (exact) mass is 395 g/mol. The lowest BCUT2D eigenvalue weighted by Crippen LogP contribution is -2.37. The van der Waals surface area contributed by atoms with E-state index >= 15 is 0 Å². The van der Waals surface area contributed by atoms with Gasteiger partial charge in [-0.3, -0.25) is 14.6 Å². The van der Waals surface area contributed by atoms with Gasteiger partial charge in [0, 0.05) is 44.9 Å². The van der Waals surface area contributed by atoms with Crippen LogP contribution in [0, 0.1) is 0 Å². The number of hydrogen-bond donors (Lipinski definition) is 4. The molecular formula is C22H29N5O2. The van der Waals surface area contributed by atoms with Crippen molar-refractivity contribution in [3.8, 4) is 0 Å². The van der Waals surface area contributed by atoms with Crippen LogP contribution in [0.2, 0.25) is 0 Å². The highest BCUT2D eigenvalue weighted by atomic mass is 16.2. The van der Waals surface area contributed by atoms with Gasteiger partial charge in [0.25, 0.3) is 11.8 Å². The average molecular weight is 396 g/mol. The van der Waals surface area contributed by atoms with Crippen molar-refractivity contribution in [1.29, 1.82) is 0 Å². The molecule has 0 spiro atoms. The molecule has 0 aliphatic carbocycles. The SMILES string of the molecule is CCNC(=O)c1cccc(CNC(=NC)NCCc2cccc(C(=O)NC)c2)c1. The molecule has 2 aromatic rings. The molecular weight excluding hydrogens is 366 g/mol. The molecule has 29 heavy (non-hydrogen) atoms. The van der Waals surface area contributed by atoms with Crippen molar-refractivity contribution in [3.05, 3.63) is 70.8 Å². The van der Waals surface area contributed by atoms with E-state index in [1.165, 1.54) is 0 Å². The van der Waals surface area contributed by atoms with Crippen LogP contribution >= 0.6 is 0 Å². The fraction of sp³-hybridized carbons (Fsp3) is 0.318. The van der Waals surface area contributed by atoms with Crippen LogP contribution in [0.4, 0.5) is 0 Å². The summed E-state index contributed by atoms with van der Waals surface area (Å²) in [6.07, 6.45) is 0.762. The number of guanidine groups is 1. The summed E-state index contributed by atoms with van der Waals surface area (Å²) in [4.78, 5) is 27.9. The molecule has 7 heteroatoms. The van der Waals surface area contributed by atoms with E-state index in [0.29, 0.717) is 36.7 Å². The lowest BCUT2D eigenvalue weighted by atomic mass is 10.1. The van der Waals surface area contributed by atoms with Crippen molar-refractivity contribution in [2.45, 2.75) is 19.9 Å². The zero-order valence-electron chi connectivity index (χ0n) is 17.2. The second-order valence-electron chi connectivity index (χ2n) is 6.44. The summed E-state index contributed by atoms with van der Waals surface area (Å²) in [5, 5.41) is 12.0. The Morgan fingerprint density at radius 1 is 0.897 bits per heavy atom. The summed E-state index contributed by atoms with van der Waals surface area (Å²) >= 11 is 0. The van der Waals surface area contributed by atoms with Gasteiger partial charge in [0.1, 0.15) is 0 Å². The Hall–Kier alpha value is -3.35. The van der Waals surface area contributed by atoms with E-state index in [1.807, 2.05) is 43.3 Å². The molecule has 154 valence electrons. The zero-order valence-corrected chi connectivity index (χ0v) is 17.2. The Labute approximate surface area is 172 Å². The quantitative estimate of drug-likeness (QED) is 0.404. The molecule has 7 nitrogen and oxygen atoms in total. The van der Waals surface area contributed by atoms with Crippen LogP contribution in [0.25, 0.3) is 0 Å². The van der Waals surface area contributed by atoms with E-state index in [9.17, 15) is 9.59 Å². The van der Waals surface area contributed by atoms with Crippen molar-refractivity contribution >= 4 is 17.8 Å². The number of aliphatic imine (C=N–C) groups is 1. The molecule has 2 rings (SSSR count). The third-order valence-corrected chi connectivity index (χ3v) is 4.33. The van der Waals surface area contributed by atoms with Gasteiger partial charge in [0.15, 0.2) is 5.96 Å². The van der Waals surface area contributed by atoms with Crippen LogP contribution in [0.1, 0.15) is 38.8 Å². The summed E-state index contributed by atoms with van der Waals surface area (Å²) in [6.45, 7) is 3.73. The maximum Gasteiger partial charge on any atom is 0.251 e. The molecule has 2 aromatic carbocycles. The van der Waals surface area contributed by atoms with Gasteiger partial charge >= 0.3 is 0 Å². The fourth-order valence-electron chi connectivity index (χ4n) is 2.83. The minimum Gasteiger partial charge on any atom is -0.356 e. The Morgan fingerprint density at radius 2 is 1.55 bits per heavy atom. The van der Waals surface area contributed by atoms with E-state index in [4.69, 9.17) is 0 Å². The molecule has 0 unspecified atom stereocenters. The number of rotatable bonds is 8. The van der Waals surface area contributed by atoms with Crippen LogP contribution < -0.4 is 21.3 Å². The first-order chi connectivity index (χ1) is 14.1. The van der Waals surface area contributed by atoms with Gasteiger partial charge < -0.3 is 21.3 Å². The van der Waals surface area contributed by atoms with Crippen LogP contribution in [-0.2, 0) is 13.0 Å². The molecule has 0 radical (unpaired) electrons. The summed E-state index contributed by atoms with van der Waals surface area (Å²) in [7, 11) is 3.34. The van der Waals surface area contributed by atoms with Gasteiger partial charge in [0.05, 0.1) is 0 Å². The van der Waals surface area contributed by atoms with Crippen molar-refractivity contribution in [2.24, 2.45) is 4.99 Å². The van der Waals surface area contributed by atoms with Crippen LogP contribution in [0.5, 0.6) is 0 Å². The molecule has 0 saturated carbocycles. The number of carbonyl (C=O) groups excluding carboxylic acids is 2. The Balaban J connectivity index is 1.85. The highest BCUT2D eigenvalue weighted by molar-refractivity contribution is 5.94. The lowest BCUT2D eigenvalue weighted by Gasteiger charge is -2.13. The van der Waals surface area contributed by atoms with Crippen molar-refractivity contribution in [2.75, 3.05) is 27.2 Å². The third kappa shape index (κ3) is 6.95. The molecule has 0 aromatic heterocycles. The second-order valence-corrected chi connectivity index (χ2v) is 6.44. The molecule has 0 atom stereocenters. The van der Waals surface area contributed by atoms with Crippen LogP contribution in [0.3, 0.4) is 0 Å². The van der Waals surface area contributed by atoms with Crippen molar-refractivity contribution in [1.82, 2.24) is 21.3 Å².